The van der Waals surface area contributed by atoms with Gasteiger partial charge in [-0.2, -0.15) is 0 Å². The number of carboxylic acid groups (broad SMARTS) is 1. The lowest BCUT2D eigenvalue weighted by Crippen LogP contribution is -2.17. The number of anilines is 1. The number of nitrogens with one attached hydrogen (secondary N) is 1. The molecule has 2 rings (SSSR count). The van der Waals surface area contributed by atoms with Gasteiger partial charge in [-0.25, -0.2) is 9.59 Å². The third kappa shape index (κ3) is 7.15. The first-order valence-corrected chi connectivity index (χ1v) is 9.15. The van der Waals surface area contributed by atoms with Crippen molar-refractivity contribution in [3.8, 4) is 5.75 Å². The first-order chi connectivity index (χ1) is 13.0. The largest absolute Gasteiger partial charge is 0.508 e. The van der Waals surface area contributed by atoms with Crippen LogP contribution in [0.15, 0.2) is 65.2 Å². The number of hydrogen-bond acceptors (Lipinski definition) is 4. The maximum absolute atomic E-state index is 12.3. The molecule has 0 fully saturated rings. The Hall–Kier alpha value is -2.80. The second kappa shape index (κ2) is 10.4. The van der Waals surface area contributed by atoms with Gasteiger partial charge in [0.2, 0.25) is 0 Å². The molecule has 7 heteroatoms. The molecule has 3 N–H and O–H groups in total. The highest BCUT2D eigenvalue weighted by atomic mass is 79.9. The summed E-state index contributed by atoms with van der Waals surface area (Å²) in [5.41, 5.74) is 1.08. The van der Waals surface area contributed by atoms with Crippen LogP contribution in [0.5, 0.6) is 5.75 Å². The van der Waals surface area contributed by atoms with E-state index in [9.17, 15) is 14.7 Å². The third-order valence-corrected chi connectivity index (χ3v) is 4.20. The molecule has 0 aromatic heterocycles. The zero-order valence-electron chi connectivity index (χ0n) is 14.5. The van der Waals surface area contributed by atoms with E-state index in [1.165, 1.54) is 6.07 Å². The first-order valence-electron chi connectivity index (χ1n) is 8.36. The van der Waals surface area contributed by atoms with Crippen molar-refractivity contribution in [2.75, 3.05) is 5.32 Å². The molecule has 2 aromatic carbocycles. The Morgan fingerprint density at radius 1 is 1.19 bits per heavy atom. The lowest BCUT2D eigenvalue weighted by molar-refractivity contribution is -0.131. The van der Waals surface area contributed by atoms with Crippen LogP contribution in [0.25, 0.3) is 0 Å². The SMILES string of the molecule is O=C(O)/C=C/CCC[C@H](OC(=O)Nc1ccccc1)c1cc(Br)ccc1O. The minimum Gasteiger partial charge on any atom is -0.508 e. The summed E-state index contributed by atoms with van der Waals surface area (Å²) in [7, 11) is 0. The van der Waals surface area contributed by atoms with Crippen molar-refractivity contribution in [2.24, 2.45) is 0 Å². The van der Waals surface area contributed by atoms with Crippen LogP contribution in [0.4, 0.5) is 10.5 Å². The average Bonchev–Trinajstić information content (AvgIpc) is 2.63. The van der Waals surface area contributed by atoms with Crippen LogP contribution < -0.4 is 5.32 Å². The minimum atomic E-state index is -1.00. The van der Waals surface area contributed by atoms with E-state index in [4.69, 9.17) is 9.84 Å². The van der Waals surface area contributed by atoms with Crippen LogP contribution in [0, 0.1) is 0 Å². The summed E-state index contributed by atoms with van der Waals surface area (Å²) < 4.78 is 6.28. The van der Waals surface area contributed by atoms with Gasteiger partial charge in [0.15, 0.2) is 0 Å². The maximum Gasteiger partial charge on any atom is 0.412 e. The number of phenols is 1. The standard InChI is InChI=1S/C20H20BrNO5/c21-14-11-12-17(23)16(13-14)18(9-5-2-6-10-19(24)25)27-20(26)22-15-7-3-1-4-8-15/h1,3-4,6-8,10-13,18,23H,2,5,9H2,(H,22,26)(H,24,25)/b10-6+/t18-/m0/s1. The fourth-order valence-corrected chi connectivity index (χ4v) is 2.84. The fraction of sp³-hybridized carbons (Fsp3) is 0.200. The van der Waals surface area contributed by atoms with Crippen molar-refractivity contribution in [3.05, 3.63) is 70.7 Å². The van der Waals surface area contributed by atoms with Gasteiger partial charge in [0.25, 0.3) is 0 Å². The van der Waals surface area contributed by atoms with Crippen LogP contribution >= 0.6 is 15.9 Å². The summed E-state index contributed by atoms with van der Waals surface area (Å²) in [4.78, 5) is 22.8. The highest BCUT2D eigenvalue weighted by Crippen LogP contribution is 2.33. The minimum absolute atomic E-state index is 0.0248. The van der Waals surface area contributed by atoms with Crippen molar-refractivity contribution in [1.29, 1.82) is 0 Å². The molecule has 2 aromatic rings. The molecule has 27 heavy (non-hydrogen) atoms. The lowest BCUT2D eigenvalue weighted by atomic mass is 10.0. The lowest BCUT2D eigenvalue weighted by Gasteiger charge is -2.20. The van der Waals surface area contributed by atoms with Gasteiger partial charge in [-0.15, -0.1) is 0 Å². The van der Waals surface area contributed by atoms with Crippen molar-refractivity contribution in [2.45, 2.75) is 25.4 Å². The molecule has 0 aliphatic rings. The molecule has 0 radical (unpaired) electrons. The normalized spacial score (nSPS) is 11.9. The topological polar surface area (TPSA) is 95.9 Å². The number of carbonyl (C=O) groups excluding carboxylic acids is 1. The van der Waals surface area contributed by atoms with E-state index >= 15 is 0 Å². The van der Waals surface area contributed by atoms with Gasteiger partial charge >= 0.3 is 12.1 Å². The summed E-state index contributed by atoms with van der Waals surface area (Å²) >= 11 is 3.35. The zero-order chi connectivity index (χ0) is 19.6. The smallest absolute Gasteiger partial charge is 0.412 e. The summed E-state index contributed by atoms with van der Waals surface area (Å²) in [5.74, 6) is -0.980. The van der Waals surface area contributed by atoms with Gasteiger partial charge in [-0.1, -0.05) is 40.2 Å². The Labute approximate surface area is 165 Å². The number of para-hydroxylation sites is 1. The van der Waals surface area contributed by atoms with Crippen molar-refractivity contribution < 1.29 is 24.5 Å². The summed E-state index contributed by atoms with van der Waals surface area (Å²) in [6, 6.07) is 13.8. The van der Waals surface area contributed by atoms with Crippen LogP contribution in [-0.4, -0.2) is 22.3 Å². The Kier molecular flexibility index (Phi) is 7.88. The quantitative estimate of drug-likeness (QED) is 0.389. The van der Waals surface area contributed by atoms with Crippen LogP contribution in [-0.2, 0) is 9.53 Å². The van der Waals surface area contributed by atoms with E-state index in [1.807, 2.05) is 6.07 Å². The van der Waals surface area contributed by atoms with E-state index in [-0.39, 0.29) is 5.75 Å². The molecule has 0 heterocycles. The fourth-order valence-electron chi connectivity index (χ4n) is 2.46. The molecule has 142 valence electrons. The van der Waals surface area contributed by atoms with Crippen LogP contribution in [0.2, 0.25) is 0 Å². The zero-order valence-corrected chi connectivity index (χ0v) is 16.1. The molecule has 0 saturated heterocycles. The van der Waals surface area contributed by atoms with Gasteiger partial charge in [0, 0.05) is 21.8 Å². The molecule has 0 unspecified atom stereocenters. The van der Waals surface area contributed by atoms with E-state index in [0.717, 1.165) is 10.5 Å². The third-order valence-electron chi connectivity index (χ3n) is 3.70. The van der Waals surface area contributed by atoms with Crippen LogP contribution in [0.1, 0.15) is 30.9 Å². The molecular formula is C20H20BrNO5. The number of halogens is 1. The number of carboxylic acids is 1. The number of ether oxygens (including phenoxy) is 1. The Bertz CT molecular complexity index is 807. The Morgan fingerprint density at radius 3 is 2.63 bits per heavy atom. The molecule has 0 aliphatic carbocycles. The van der Waals surface area contributed by atoms with Gasteiger partial charge in [0.1, 0.15) is 11.9 Å². The van der Waals surface area contributed by atoms with Crippen molar-refractivity contribution in [1.82, 2.24) is 0 Å². The molecule has 0 spiro atoms. The highest BCUT2D eigenvalue weighted by Gasteiger charge is 2.20. The highest BCUT2D eigenvalue weighted by molar-refractivity contribution is 9.10. The van der Waals surface area contributed by atoms with E-state index < -0.39 is 18.2 Å². The Balaban J connectivity index is 2.07. The first kappa shape index (κ1) is 20.5. The maximum atomic E-state index is 12.3. The van der Waals surface area contributed by atoms with Gasteiger partial charge < -0.3 is 14.9 Å². The molecule has 1 amide bonds. The molecular weight excluding hydrogens is 414 g/mol. The van der Waals surface area contributed by atoms with Gasteiger partial charge in [-0.3, -0.25) is 5.32 Å². The molecule has 0 bridgehead atoms. The van der Waals surface area contributed by atoms with Crippen molar-refractivity contribution in [3.63, 3.8) is 0 Å². The number of hydrogen-bond donors (Lipinski definition) is 3. The van der Waals surface area contributed by atoms with Gasteiger partial charge in [-0.05, 0) is 49.6 Å². The number of aliphatic carboxylic acids is 1. The number of rotatable bonds is 8. The van der Waals surface area contributed by atoms with E-state index in [0.29, 0.717) is 30.5 Å². The molecule has 0 saturated carbocycles. The number of benzene rings is 2. The Morgan fingerprint density at radius 2 is 1.93 bits per heavy atom. The monoisotopic (exact) mass is 433 g/mol. The second-order valence-electron chi connectivity index (χ2n) is 5.76. The summed E-state index contributed by atoms with van der Waals surface area (Å²) in [5, 5.41) is 21.4. The number of allylic oxidation sites excluding steroid dienone is 1. The summed E-state index contributed by atoms with van der Waals surface area (Å²) in [6.07, 6.45) is 2.84. The predicted octanol–water partition coefficient (Wildman–Crippen LogP) is 5.26. The predicted molar refractivity (Wildman–Crippen MR) is 106 cm³/mol. The molecule has 6 nitrogen and oxygen atoms in total. The number of unbranched alkanes of at least 4 members (excludes halogenated alkanes) is 1. The number of aromatic hydroxyl groups is 1. The number of carbonyl (C=O) groups is 2. The molecule has 0 aliphatic heterocycles. The molecule has 1 atom stereocenters. The second-order valence-corrected chi connectivity index (χ2v) is 6.68. The van der Waals surface area contributed by atoms with E-state index in [2.05, 4.69) is 21.2 Å². The van der Waals surface area contributed by atoms with Crippen LogP contribution in [0.3, 0.4) is 0 Å². The average molecular weight is 434 g/mol. The van der Waals surface area contributed by atoms with E-state index in [1.54, 1.807) is 42.5 Å². The van der Waals surface area contributed by atoms with Gasteiger partial charge in [0.05, 0.1) is 0 Å². The summed E-state index contributed by atoms with van der Waals surface area (Å²) in [6.45, 7) is 0. The number of amides is 1. The van der Waals surface area contributed by atoms with Crippen molar-refractivity contribution >= 4 is 33.7 Å². The number of phenolic OH excluding ortho intramolecular Hbond substituents is 1.